The molecule has 3 heterocycles. The molecule has 0 radical (unpaired) electrons. The van der Waals surface area contributed by atoms with Crippen LogP contribution in [-0.2, 0) is 0 Å². The summed E-state index contributed by atoms with van der Waals surface area (Å²) in [6.07, 6.45) is 0. The van der Waals surface area contributed by atoms with E-state index in [0.717, 1.165) is 39.6 Å². The van der Waals surface area contributed by atoms with Gasteiger partial charge in [0.05, 0.1) is 23.8 Å². The number of hydrogen-bond acceptors (Lipinski definition) is 6. The predicted octanol–water partition coefficient (Wildman–Crippen LogP) is 4.37. The Morgan fingerprint density at radius 1 is 0.833 bits per heavy atom. The Hall–Kier alpha value is -4.13. The van der Waals surface area contributed by atoms with Gasteiger partial charge >= 0.3 is 0 Å². The Labute approximate surface area is 171 Å². The second-order valence-electron chi connectivity index (χ2n) is 6.90. The number of aromatic nitrogens is 4. The van der Waals surface area contributed by atoms with Crippen molar-refractivity contribution in [2.45, 2.75) is 0 Å². The summed E-state index contributed by atoms with van der Waals surface area (Å²) < 4.78 is 18.4. The molecule has 7 heteroatoms. The van der Waals surface area contributed by atoms with E-state index in [1.54, 1.807) is 7.11 Å². The summed E-state index contributed by atoms with van der Waals surface area (Å²) >= 11 is 0. The first kappa shape index (κ1) is 16.8. The van der Waals surface area contributed by atoms with Crippen molar-refractivity contribution in [3.8, 4) is 34.3 Å². The maximum Gasteiger partial charge on any atom is 0.231 e. The zero-order valence-corrected chi connectivity index (χ0v) is 16.1. The van der Waals surface area contributed by atoms with Crippen LogP contribution >= 0.6 is 0 Å². The summed E-state index contributed by atoms with van der Waals surface area (Å²) in [6, 6.07) is 21.4. The maximum atomic E-state index is 5.59. The van der Waals surface area contributed by atoms with Gasteiger partial charge in [0.2, 0.25) is 6.79 Å². The van der Waals surface area contributed by atoms with Crippen molar-refractivity contribution in [2.75, 3.05) is 13.9 Å². The molecule has 0 N–H and O–H groups in total. The van der Waals surface area contributed by atoms with E-state index < -0.39 is 0 Å². The third kappa shape index (κ3) is 2.56. The molecule has 0 amide bonds. The smallest absolute Gasteiger partial charge is 0.231 e. The number of benzene rings is 3. The summed E-state index contributed by atoms with van der Waals surface area (Å²) in [7, 11) is 1.65. The molecule has 0 aliphatic carbocycles. The molecule has 1 aliphatic heterocycles. The fourth-order valence-corrected chi connectivity index (χ4v) is 3.66. The molecule has 146 valence electrons. The van der Waals surface area contributed by atoms with Crippen LogP contribution in [0.3, 0.4) is 0 Å². The maximum absolute atomic E-state index is 5.59. The van der Waals surface area contributed by atoms with Crippen LogP contribution in [0.5, 0.6) is 17.2 Å². The lowest BCUT2D eigenvalue weighted by atomic mass is 10.2. The lowest BCUT2D eigenvalue weighted by Gasteiger charge is -2.10. The molecule has 6 rings (SSSR count). The summed E-state index contributed by atoms with van der Waals surface area (Å²) in [5.74, 6) is 2.95. The fourth-order valence-electron chi connectivity index (χ4n) is 3.66. The first-order valence-corrected chi connectivity index (χ1v) is 9.50. The molecule has 0 unspecified atom stereocenters. The van der Waals surface area contributed by atoms with Gasteiger partial charge in [0.25, 0.3) is 0 Å². The predicted molar refractivity (Wildman–Crippen MR) is 112 cm³/mol. The fraction of sp³-hybridized carbons (Fsp3) is 0.0870. The molecule has 0 bridgehead atoms. The molecular weight excluding hydrogens is 380 g/mol. The third-order valence-corrected chi connectivity index (χ3v) is 5.13. The number of nitrogens with zero attached hydrogens (tertiary/aromatic N) is 4. The Bertz CT molecular complexity index is 1410. The van der Waals surface area contributed by atoms with E-state index >= 15 is 0 Å². The molecule has 0 fully saturated rings. The standard InChI is InChI=1S/C23H16N4O3/c1-28-16-9-6-14(7-10-16)22-26-21-23(25-18-5-3-2-4-17(18)24-21)27(22)15-8-11-19-20(12-15)30-13-29-19/h2-12H,13H2,1H3. The van der Waals surface area contributed by atoms with Crippen LogP contribution in [0.15, 0.2) is 66.7 Å². The van der Waals surface area contributed by atoms with Crippen LogP contribution in [0.4, 0.5) is 0 Å². The van der Waals surface area contributed by atoms with Crippen LogP contribution < -0.4 is 14.2 Å². The number of para-hydroxylation sites is 2. The van der Waals surface area contributed by atoms with Gasteiger partial charge in [0, 0.05) is 11.6 Å². The molecule has 2 aromatic heterocycles. The van der Waals surface area contributed by atoms with E-state index in [-0.39, 0.29) is 6.79 Å². The van der Waals surface area contributed by atoms with Crippen LogP contribution in [0, 0.1) is 0 Å². The van der Waals surface area contributed by atoms with Gasteiger partial charge in [-0.15, -0.1) is 0 Å². The van der Waals surface area contributed by atoms with Gasteiger partial charge in [-0.1, -0.05) is 12.1 Å². The van der Waals surface area contributed by atoms with Gasteiger partial charge in [-0.3, -0.25) is 4.57 Å². The van der Waals surface area contributed by atoms with Crippen molar-refractivity contribution < 1.29 is 14.2 Å². The molecule has 5 aromatic rings. The Balaban J connectivity index is 1.65. The number of methoxy groups -OCH3 is 1. The molecule has 0 saturated heterocycles. The molecule has 1 aliphatic rings. The zero-order chi connectivity index (χ0) is 20.1. The third-order valence-electron chi connectivity index (χ3n) is 5.13. The first-order chi connectivity index (χ1) is 14.8. The highest BCUT2D eigenvalue weighted by Crippen LogP contribution is 2.36. The number of fused-ring (bicyclic) bond motifs is 3. The van der Waals surface area contributed by atoms with E-state index in [1.807, 2.05) is 71.3 Å². The Kier molecular flexibility index (Phi) is 3.61. The monoisotopic (exact) mass is 396 g/mol. The largest absolute Gasteiger partial charge is 0.497 e. The molecule has 3 aromatic carbocycles. The lowest BCUT2D eigenvalue weighted by Crippen LogP contribution is -1.99. The SMILES string of the molecule is COc1ccc(-c2nc3nc4ccccc4nc3n2-c2ccc3c(c2)OCO3)cc1. The highest BCUT2D eigenvalue weighted by atomic mass is 16.7. The molecule has 0 spiro atoms. The van der Waals surface area contributed by atoms with Gasteiger partial charge < -0.3 is 14.2 Å². The number of hydrogen-bond donors (Lipinski definition) is 0. The second-order valence-corrected chi connectivity index (χ2v) is 6.90. The van der Waals surface area contributed by atoms with Crippen molar-refractivity contribution in [3.05, 3.63) is 66.7 Å². The van der Waals surface area contributed by atoms with Crippen molar-refractivity contribution >= 4 is 22.3 Å². The minimum absolute atomic E-state index is 0.221. The van der Waals surface area contributed by atoms with Crippen molar-refractivity contribution in [3.63, 3.8) is 0 Å². The van der Waals surface area contributed by atoms with Crippen molar-refractivity contribution in [1.82, 2.24) is 19.5 Å². The Morgan fingerprint density at radius 2 is 1.60 bits per heavy atom. The minimum Gasteiger partial charge on any atom is -0.497 e. The average Bonchev–Trinajstić information content (AvgIpc) is 3.41. The van der Waals surface area contributed by atoms with E-state index in [1.165, 1.54) is 0 Å². The van der Waals surface area contributed by atoms with E-state index in [2.05, 4.69) is 0 Å². The second kappa shape index (κ2) is 6.45. The number of ether oxygens (including phenoxy) is 3. The van der Waals surface area contributed by atoms with Gasteiger partial charge in [-0.05, 0) is 48.5 Å². The van der Waals surface area contributed by atoms with Gasteiger partial charge in [0.1, 0.15) is 11.6 Å². The van der Waals surface area contributed by atoms with Gasteiger partial charge in [-0.25, -0.2) is 15.0 Å². The van der Waals surface area contributed by atoms with Gasteiger partial charge in [0.15, 0.2) is 22.8 Å². The first-order valence-electron chi connectivity index (χ1n) is 9.50. The number of rotatable bonds is 3. The molecular formula is C23H16N4O3. The van der Waals surface area contributed by atoms with Gasteiger partial charge in [-0.2, -0.15) is 0 Å². The summed E-state index contributed by atoms with van der Waals surface area (Å²) in [5.41, 5.74) is 4.68. The zero-order valence-electron chi connectivity index (χ0n) is 16.1. The summed E-state index contributed by atoms with van der Waals surface area (Å²) in [6.45, 7) is 0.221. The van der Waals surface area contributed by atoms with E-state index in [4.69, 9.17) is 29.2 Å². The molecule has 0 atom stereocenters. The summed E-state index contributed by atoms with van der Waals surface area (Å²) in [5, 5.41) is 0. The minimum atomic E-state index is 0.221. The molecule has 0 saturated carbocycles. The van der Waals surface area contributed by atoms with E-state index in [0.29, 0.717) is 17.0 Å². The van der Waals surface area contributed by atoms with Crippen LogP contribution in [0.25, 0.3) is 39.4 Å². The number of imidazole rings is 1. The van der Waals surface area contributed by atoms with E-state index in [9.17, 15) is 0 Å². The quantitative estimate of drug-likeness (QED) is 0.451. The van der Waals surface area contributed by atoms with Crippen molar-refractivity contribution in [2.24, 2.45) is 0 Å². The average molecular weight is 396 g/mol. The van der Waals surface area contributed by atoms with Crippen molar-refractivity contribution in [1.29, 1.82) is 0 Å². The summed E-state index contributed by atoms with van der Waals surface area (Å²) in [4.78, 5) is 14.4. The highest BCUT2D eigenvalue weighted by Gasteiger charge is 2.20. The van der Waals surface area contributed by atoms with Crippen LogP contribution in [0.2, 0.25) is 0 Å². The topological polar surface area (TPSA) is 71.3 Å². The lowest BCUT2D eigenvalue weighted by molar-refractivity contribution is 0.174. The highest BCUT2D eigenvalue weighted by molar-refractivity contribution is 5.86. The normalized spacial score (nSPS) is 12.6. The Morgan fingerprint density at radius 3 is 2.40 bits per heavy atom. The molecule has 30 heavy (non-hydrogen) atoms. The van der Waals surface area contributed by atoms with Crippen LogP contribution in [0.1, 0.15) is 0 Å². The van der Waals surface area contributed by atoms with Crippen LogP contribution in [-0.4, -0.2) is 33.4 Å². The molecule has 7 nitrogen and oxygen atoms in total.